The zero-order valence-corrected chi connectivity index (χ0v) is 10.7. The van der Waals surface area contributed by atoms with Crippen LogP contribution in [0.1, 0.15) is 29.5 Å². The minimum Gasteiger partial charge on any atom is -0.384 e. The lowest BCUT2D eigenvalue weighted by atomic mass is 10.0. The fraction of sp³-hybridized carbons (Fsp3) is 0.333. The normalized spacial score (nSPS) is 15.3. The van der Waals surface area contributed by atoms with Crippen molar-refractivity contribution < 1.29 is 5.11 Å². The van der Waals surface area contributed by atoms with Crippen molar-refractivity contribution in [1.82, 2.24) is 9.97 Å². The molecule has 1 unspecified atom stereocenters. The van der Waals surface area contributed by atoms with E-state index >= 15 is 0 Å². The highest BCUT2D eigenvalue weighted by Gasteiger charge is 2.13. The molecule has 1 heterocycles. The van der Waals surface area contributed by atoms with Crippen LogP contribution in [0.2, 0.25) is 0 Å². The van der Waals surface area contributed by atoms with Crippen molar-refractivity contribution in [1.29, 1.82) is 0 Å². The number of aromatic nitrogens is 2. The number of aliphatic hydroxyl groups excluding tert-OH is 1. The average molecular weight is 255 g/mol. The van der Waals surface area contributed by atoms with E-state index in [0.717, 1.165) is 17.7 Å². The molecular formula is C15H17N3O. The summed E-state index contributed by atoms with van der Waals surface area (Å²) in [4.78, 5) is 8.47. The molecule has 0 fully saturated rings. The van der Waals surface area contributed by atoms with Crippen molar-refractivity contribution in [3.8, 4) is 11.3 Å². The summed E-state index contributed by atoms with van der Waals surface area (Å²) >= 11 is 0. The Kier molecular flexibility index (Phi) is 3.27. The Hall–Kier alpha value is -1.78. The molecular weight excluding hydrogens is 238 g/mol. The van der Waals surface area contributed by atoms with Gasteiger partial charge in [-0.1, -0.05) is 12.1 Å². The van der Waals surface area contributed by atoms with Crippen LogP contribution in [0.15, 0.2) is 30.5 Å². The van der Waals surface area contributed by atoms with E-state index in [1.807, 2.05) is 6.07 Å². The van der Waals surface area contributed by atoms with Gasteiger partial charge < -0.3 is 10.8 Å². The van der Waals surface area contributed by atoms with Gasteiger partial charge in [-0.05, 0) is 42.5 Å². The number of benzene rings is 1. The van der Waals surface area contributed by atoms with Gasteiger partial charge in [0.15, 0.2) is 5.82 Å². The number of nitrogens with zero attached hydrogens (tertiary/aromatic N) is 2. The maximum absolute atomic E-state index is 9.71. The number of aryl methyl sites for hydroxylation is 2. The molecule has 4 heteroatoms. The molecule has 0 amide bonds. The monoisotopic (exact) mass is 255 g/mol. The Balaban J connectivity index is 1.98. The first kappa shape index (κ1) is 12.3. The highest BCUT2D eigenvalue weighted by atomic mass is 16.3. The van der Waals surface area contributed by atoms with Crippen molar-refractivity contribution in [3.63, 3.8) is 0 Å². The van der Waals surface area contributed by atoms with Crippen LogP contribution in [0.3, 0.4) is 0 Å². The first-order chi connectivity index (χ1) is 9.28. The van der Waals surface area contributed by atoms with Gasteiger partial charge in [-0.2, -0.15) is 0 Å². The number of rotatable bonds is 3. The highest BCUT2D eigenvalue weighted by molar-refractivity contribution is 5.61. The van der Waals surface area contributed by atoms with Crippen LogP contribution in [-0.4, -0.2) is 21.6 Å². The molecule has 1 atom stereocenters. The lowest BCUT2D eigenvalue weighted by molar-refractivity contribution is 0.176. The third-order valence-electron chi connectivity index (χ3n) is 3.59. The van der Waals surface area contributed by atoms with Crippen LogP contribution >= 0.6 is 0 Å². The fourth-order valence-corrected chi connectivity index (χ4v) is 2.53. The molecule has 19 heavy (non-hydrogen) atoms. The van der Waals surface area contributed by atoms with E-state index in [0.29, 0.717) is 5.82 Å². The Labute approximate surface area is 112 Å². The summed E-state index contributed by atoms with van der Waals surface area (Å²) in [5, 5.41) is 9.71. The number of hydrogen-bond acceptors (Lipinski definition) is 4. The van der Waals surface area contributed by atoms with Gasteiger partial charge in [-0.25, -0.2) is 9.97 Å². The van der Waals surface area contributed by atoms with Crippen molar-refractivity contribution >= 4 is 0 Å². The summed E-state index contributed by atoms with van der Waals surface area (Å²) in [7, 11) is 0. The molecule has 0 spiro atoms. The highest BCUT2D eigenvalue weighted by Crippen LogP contribution is 2.27. The quantitative estimate of drug-likeness (QED) is 0.874. The molecule has 3 N–H and O–H groups in total. The Morgan fingerprint density at radius 1 is 1.21 bits per heavy atom. The second kappa shape index (κ2) is 5.07. The summed E-state index contributed by atoms with van der Waals surface area (Å²) in [5.41, 5.74) is 10.2. The van der Waals surface area contributed by atoms with Gasteiger partial charge in [0.1, 0.15) is 6.10 Å². The lowest BCUT2D eigenvalue weighted by Gasteiger charge is -2.09. The molecule has 0 radical (unpaired) electrons. The minimum absolute atomic E-state index is 0.133. The van der Waals surface area contributed by atoms with E-state index in [9.17, 15) is 5.11 Å². The van der Waals surface area contributed by atoms with Gasteiger partial charge >= 0.3 is 0 Å². The molecule has 1 aromatic carbocycles. The molecule has 4 nitrogen and oxygen atoms in total. The molecule has 0 bridgehead atoms. The molecule has 1 aliphatic rings. The summed E-state index contributed by atoms with van der Waals surface area (Å²) in [6.45, 7) is 0.133. The van der Waals surface area contributed by atoms with Crippen molar-refractivity contribution in [2.75, 3.05) is 6.54 Å². The maximum Gasteiger partial charge on any atom is 0.158 e. The second-order valence-electron chi connectivity index (χ2n) is 4.89. The third-order valence-corrected chi connectivity index (χ3v) is 3.59. The second-order valence-corrected chi connectivity index (χ2v) is 4.89. The fourth-order valence-electron chi connectivity index (χ4n) is 2.53. The van der Waals surface area contributed by atoms with E-state index in [1.165, 1.54) is 24.0 Å². The van der Waals surface area contributed by atoms with E-state index in [4.69, 9.17) is 5.73 Å². The van der Waals surface area contributed by atoms with Crippen LogP contribution in [0, 0.1) is 0 Å². The molecule has 2 aromatic rings. The SMILES string of the molecule is NCC(O)c1nccc(-c2ccc3c(c2)CCC3)n1. The van der Waals surface area contributed by atoms with Gasteiger partial charge in [0.25, 0.3) is 0 Å². The predicted molar refractivity (Wildman–Crippen MR) is 73.5 cm³/mol. The predicted octanol–water partition coefficient (Wildman–Crippen LogP) is 1.62. The standard InChI is InChI=1S/C15H17N3O/c16-9-14(19)15-17-7-6-13(18-15)12-5-4-10-2-1-3-11(10)8-12/h4-8,14,19H,1-3,9,16H2. The zero-order chi connectivity index (χ0) is 13.2. The van der Waals surface area contributed by atoms with Crippen LogP contribution in [0.4, 0.5) is 0 Å². The van der Waals surface area contributed by atoms with E-state index in [2.05, 4.69) is 28.2 Å². The largest absolute Gasteiger partial charge is 0.384 e. The van der Waals surface area contributed by atoms with Gasteiger partial charge in [-0.3, -0.25) is 0 Å². The summed E-state index contributed by atoms with van der Waals surface area (Å²) in [5.74, 6) is 0.389. The van der Waals surface area contributed by atoms with Crippen LogP contribution in [0.25, 0.3) is 11.3 Å². The molecule has 0 saturated heterocycles. The van der Waals surface area contributed by atoms with Crippen molar-refractivity contribution in [3.05, 3.63) is 47.4 Å². The van der Waals surface area contributed by atoms with Gasteiger partial charge in [0.2, 0.25) is 0 Å². The van der Waals surface area contributed by atoms with Crippen LogP contribution in [0.5, 0.6) is 0 Å². The molecule has 0 aliphatic heterocycles. The Morgan fingerprint density at radius 2 is 2.05 bits per heavy atom. The molecule has 98 valence electrons. The van der Waals surface area contributed by atoms with Crippen molar-refractivity contribution in [2.45, 2.75) is 25.4 Å². The van der Waals surface area contributed by atoms with Crippen molar-refractivity contribution in [2.24, 2.45) is 5.73 Å². The molecule has 1 aromatic heterocycles. The maximum atomic E-state index is 9.71. The minimum atomic E-state index is -0.797. The Morgan fingerprint density at radius 3 is 2.89 bits per heavy atom. The number of hydrogen-bond donors (Lipinski definition) is 2. The van der Waals surface area contributed by atoms with E-state index in [1.54, 1.807) is 6.20 Å². The third kappa shape index (κ3) is 2.37. The van der Waals surface area contributed by atoms with E-state index in [-0.39, 0.29) is 6.54 Å². The summed E-state index contributed by atoms with van der Waals surface area (Å²) in [6.07, 6.45) is 4.43. The first-order valence-electron chi connectivity index (χ1n) is 6.61. The first-order valence-corrected chi connectivity index (χ1v) is 6.61. The number of fused-ring (bicyclic) bond motifs is 1. The molecule has 0 saturated carbocycles. The van der Waals surface area contributed by atoms with Gasteiger partial charge in [-0.15, -0.1) is 0 Å². The van der Waals surface area contributed by atoms with Crippen LogP contribution < -0.4 is 5.73 Å². The number of aliphatic hydroxyl groups is 1. The lowest BCUT2D eigenvalue weighted by Crippen LogP contribution is -2.14. The number of nitrogens with two attached hydrogens (primary N) is 1. The van der Waals surface area contributed by atoms with Crippen LogP contribution in [-0.2, 0) is 12.8 Å². The summed E-state index contributed by atoms with van der Waals surface area (Å²) in [6, 6.07) is 8.33. The smallest absolute Gasteiger partial charge is 0.158 e. The van der Waals surface area contributed by atoms with Gasteiger partial charge in [0, 0.05) is 18.3 Å². The Bertz CT molecular complexity index is 598. The molecule has 3 rings (SSSR count). The zero-order valence-electron chi connectivity index (χ0n) is 10.7. The topological polar surface area (TPSA) is 72.0 Å². The van der Waals surface area contributed by atoms with E-state index < -0.39 is 6.10 Å². The van der Waals surface area contributed by atoms with Gasteiger partial charge in [0.05, 0.1) is 5.69 Å². The summed E-state index contributed by atoms with van der Waals surface area (Å²) < 4.78 is 0. The average Bonchev–Trinajstić information content (AvgIpc) is 2.94. The molecule has 1 aliphatic carbocycles.